The Morgan fingerprint density at radius 2 is 2.00 bits per heavy atom. The van der Waals surface area contributed by atoms with Gasteiger partial charge in [-0.15, -0.1) is 0 Å². The molecule has 1 aromatic rings. The number of aliphatic hydroxyl groups is 2. The minimum atomic E-state index is -0.656. The highest BCUT2D eigenvalue weighted by Gasteiger charge is 2.59. The van der Waals surface area contributed by atoms with E-state index in [1.54, 1.807) is 0 Å². The molecular weight excluding hydrogens is 214 g/mol. The monoisotopic (exact) mass is 233 g/mol. The molecule has 3 N–H and O–H groups in total. The Labute approximate surface area is 101 Å². The van der Waals surface area contributed by atoms with Crippen molar-refractivity contribution in [3.63, 3.8) is 0 Å². The van der Waals surface area contributed by atoms with Crippen LogP contribution in [-0.4, -0.2) is 34.5 Å². The van der Waals surface area contributed by atoms with E-state index in [1.165, 1.54) is 5.56 Å². The van der Waals surface area contributed by atoms with Crippen LogP contribution in [0.15, 0.2) is 30.3 Å². The van der Waals surface area contributed by atoms with Gasteiger partial charge >= 0.3 is 0 Å². The van der Waals surface area contributed by atoms with E-state index in [-0.39, 0.29) is 17.4 Å². The molecule has 5 atom stereocenters. The molecule has 17 heavy (non-hydrogen) atoms. The number of hydrogen-bond donors (Lipinski definition) is 3. The summed E-state index contributed by atoms with van der Waals surface area (Å²) in [5, 5.41) is 23.7. The van der Waals surface area contributed by atoms with Gasteiger partial charge in [-0.2, -0.15) is 0 Å². The average Bonchev–Trinajstić information content (AvgIpc) is 2.91. The number of hydrogen-bond acceptors (Lipinski definition) is 3. The van der Waals surface area contributed by atoms with Gasteiger partial charge in [0.15, 0.2) is 0 Å². The summed E-state index contributed by atoms with van der Waals surface area (Å²) in [6, 6.07) is 10.2. The van der Waals surface area contributed by atoms with Crippen molar-refractivity contribution in [2.75, 3.05) is 6.54 Å². The zero-order valence-corrected chi connectivity index (χ0v) is 10.0. The predicted molar refractivity (Wildman–Crippen MR) is 65.7 cm³/mol. The topological polar surface area (TPSA) is 52.5 Å². The molecule has 3 heteroatoms. The molecule has 1 aliphatic carbocycles. The van der Waals surface area contributed by atoms with Crippen LogP contribution in [-0.2, 0) is 0 Å². The molecule has 0 amide bonds. The first kappa shape index (κ1) is 11.2. The van der Waals surface area contributed by atoms with Gasteiger partial charge in [0, 0.05) is 18.4 Å². The van der Waals surface area contributed by atoms with Gasteiger partial charge in [0.2, 0.25) is 0 Å². The molecule has 1 aliphatic heterocycles. The van der Waals surface area contributed by atoms with Crippen molar-refractivity contribution in [3.8, 4) is 0 Å². The first-order chi connectivity index (χ1) is 8.15. The number of fused-ring (bicyclic) bond motifs is 2. The number of nitrogens with one attached hydrogen (secondary N) is 1. The van der Waals surface area contributed by atoms with Gasteiger partial charge in [-0.05, 0) is 12.0 Å². The van der Waals surface area contributed by atoms with Gasteiger partial charge in [0.1, 0.15) is 0 Å². The number of aliphatic hydroxyl groups excluding tert-OH is 2. The van der Waals surface area contributed by atoms with Crippen LogP contribution < -0.4 is 5.32 Å². The fourth-order valence-electron chi connectivity index (χ4n) is 3.55. The van der Waals surface area contributed by atoms with E-state index in [1.807, 2.05) is 18.2 Å². The molecule has 0 aromatic heterocycles. The normalized spacial score (nSPS) is 41.7. The molecule has 3 unspecified atom stereocenters. The van der Waals surface area contributed by atoms with Gasteiger partial charge < -0.3 is 15.5 Å². The summed E-state index contributed by atoms with van der Waals surface area (Å²) in [5.74, 6) is 0.414. The fourth-order valence-corrected chi connectivity index (χ4v) is 3.55. The minimum absolute atomic E-state index is 0.205. The molecule has 1 heterocycles. The van der Waals surface area contributed by atoms with Crippen molar-refractivity contribution in [2.24, 2.45) is 5.92 Å². The summed E-state index contributed by atoms with van der Waals surface area (Å²) in [6.45, 7) is 2.95. The molecule has 0 radical (unpaired) electrons. The van der Waals surface area contributed by atoms with Gasteiger partial charge in [0.05, 0.1) is 17.7 Å². The Morgan fingerprint density at radius 1 is 1.29 bits per heavy atom. The van der Waals surface area contributed by atoms with Gasteiger partial charge in [-0.25, -0.2) is 0 Å². The minimum Gasteiger partial charge on any atom is -0.390 e. The first-order valence-electron chi connectivity index (χ1n) is 6.31. The zero-order chi connectivity index (χ0) is 12.0. The number of rotatable bonds is 2. The highest BCUT2D eigenvalue weighted by atomic mass is 16.3. The van der Waals surface area contributed by atoms with E-state index in [2.05, 4.69) is 24.4 Å². The molecular formula is C14H19NO2. The van der Waals surface area contributed by atoms with Crippen LogP contribution in [0, 0.1) is 5.92 Å². The summed E-state index contributed by atoms with van der Waals surface area (Å²) < 4.78 is 0. The van der Waals surface area contributed by atoms with Crippen LogP contribution in [0.2, 0.25) is 0 Å². The Bertz CT molecular complexity index is 408. The van der Waals surface area contributed by atoms with E-state index < -0.39 is 12.2 Å². The molecule has 2 bridgehead atoms. The standard InChI is InChI=1S/C14H19NO2/c1-9(10-5-3-2-4-6-10)14-7-11(8-15-14)12(16)13(14)17/h2-6,9,11-13,15-17H,7-8H2,1H3/t9?,11?,12-,13-,14?/m1/s1. The lowest BCUT2D eigenvalue weighted by Gasteiger charge is -2.40. The Morgan fingerprint density at radius 3 is 2.59 bits per heavy atom. The van der Waals surface area contributed by atoms with Gasteiger partial charge in [-0.1, -0.05) is 37.3 Å². The second kappa shape index (κ2) is 3.80. The Hall–Kier alpha value is -0.900. The highest BCUT2D eigenvalue weighted by Crippen LogP contribution is 2.48. The molecule has 3 nitrogen and oxygen atoms in total. The molecule has 92 valence electrons. The quantitative estimate of drug-likeness (QED) is 0.710. The van der Waals surface area contributed by atoms with Gasteiger partial charge in [-0.3, -0.25) is 0 Å². The SMILES string of the molecule is CC(c1ccccc1)C12CC(CN1)[C@@H](O)[C@H]2O. The number of piperidine rings is 1. The molecule has 1 saturated carbocycles. The molecule has 3 rings (SSSR count). The van der Waals surface area contributed by atoms with Crippen LogP contribution in [0.5, 0.6) is 0 Å². The van der Waals surface area contributed by atoms with Crippen molar-refractivity contribution in [2.45, 2.75) is 37.0 Å². The largest absolute Gasteiger partial charge is 0.390 e. The lowest BCUT2D eigenvalue weighted by Crippen LogP contribution is -2.58. The van der Waals surface area contributed by atoms with Crippen molar-refractivity contribution >= 4 is 0 Å². The Kier molecular flexibility index (Phi) is 2.51. The van der Waals surface area contributed by atoms with Crippen molar-refractivity contribution in [3.05, 3.63) is 35.9 Å². The second-order valence-corrected chi connectivity index (χ2v) is 5.45. The fraction of sp³-hybridized carbons (Fsp3) is 0.571. The maximum atomic E-state index is 10.3. The summed E-state index contributed by atoms with van der Waals surface area (Å²) in [6.07, 6.45) is -0.357. The summed E-state index contributed by atoms with van der Waals surface area (Å²) >= 11 is 0. The molecule has 0 spiro atoms. The van der Waals surface area contributed by atoms with Crippen molar-refractivity contribution in [1.82, 2.24) is 5.32 Å². The van der Waals surface area contributed by atoms with E-state index in [0.29, 0.717) is 0 Å². The van der Waals surface area contributed by atoms with Crippen LogP contribution in [0.3, 0.4) is 0 Å². The maximum absolute atomic E-state index is 10.3. The Balaban J connectivity index is 1.94. The summed E-state index contributed by atoms with van der Waals surface area (Å²) in [7, 11) is 0. The van der Waals surface area contributed by atoms with Crippen molar-refractivity contribution in [1.29, 1.82) is 0 Å². The summed E-state index contributed by atoms with van der Waals surface area (Å²) in [5.41, 5.74) is 0.875. The number of benzene rings is 1. The predicted octanol–water partition coefficient (Wildman–Crippen LogP) is 0.874. The zero-order valence-electron chi connectivity index (χ0n) is 10.0. The molecule has 1 saturated heterocycles. The highest BCUT2D eigenvalue weighted by molar-refractivity contribution is 5.28. The van der Waals surface area contributed by atoms with E-state index in [0.717, 1.165) is 13.0 Å². The first-order valence-corrected chi connectivity index (χ1v) is 6.31. The third-order valence-electron chi connectivity index (χ3n) is 4.70. The molecule has 2 fully saturated rings. The van der Waals surface area contributed by atoms with E-state index >= 15 is 0 Å². The lowest BCUT2D eigenvalue weighted by atomic mass is 9.78. The molecule has 1 aromatic carbocycles. The van der Waals surface area contributed by atoms with E-state index in [4.69, 9.17) is 0 Å². The van der Waals surface area contributed by atoms with Crippen molar-refractivity contribution < 1.29 is 10.2 Å². The van der Waals surface area contributed by atoms with Gasteiger partial charge in [0.25, 0.3) is 0 Å². The van der Waals surface area contributed by atoms with E-state index in [9.17, 15) is 10.2 Å². The third-order valence-corrected chi connectivity index (χ3v) is 4.70. The van der Waals surface area contributed by atoms with Crippen LogP contribution in [0.1, 0.15) is 24.8 Å². The average molecular weight is 233 g/mol. The van der Waals surface area contributed by atoms with Crippen LogP contribution >= 0.6 is 0 Å². The smallest absolute Gasteiger partial charge is 0.0989 e. The lowest BCUT2D eigenvalue weighted by molar-refractivity contribution is -0.0364. The molecule has 2 aliphatic rings. The van der Waals surface area contributed by atoms with Crippen LogP contribution in [0.25, 0.3) is 0 Å². The maximum Gasteiger partial charge on any atom is 0.0989 e. The summed E-state index contributed by atoms with van der Waals surface area (Å²) in [4.78, 5) is 0. The van der Waals surface area contributed by atoms with Crippen LogP contribution in [0.4, 0.5) is 0 Å². The second-order valence-electron chi connectivity index (χ2n) is 5.45. The third kappa shape index (κ3) is 1.46.